The van der Waals surface area contributed by atoms with Crippen molar-refractivity contribution in [1.29, 1.82) is 0 Å². The first kappa shape index (κ1) is 14.1. The van der Waals surface area contributed by atoms with Gasteiger partial charge in [0.05, 0.1) is 13.4 Å². The predicted molar refractivity (Wildman–Crippen MR) is 62.7 cm³/mol. The first-order valence-electron chi connectivity index (χ1n) is 5.58. The first-order chi connectivity index (χ1) is 8.54. The zero-order valence-electron chi connectivity index (χ0n) is 10.6. The molecule has 6 heteroatoms. The molecule has 0 bridgehead atoms. The maximum absolute atomic E-state index is 11.5. The molecule has 1 rings (SSSR count). The number of carbonyl (C=O) groups is 2. The van der Waals surface area contributed by atoms with Gasteiger partial charge in [0.15, 0.2) is 6.61 Å². The van der Waals surface area contributed by atoms with Gasteiger partial charge in [-0.25, -0.2) is 9.59 Å². The fourth-order valence-corrected chi connectivity index (χ4v) is 1.32. The summed E-state index contributed by atoms with van der Waals surface area (Å²) >= 11 is 0. The number of nitrogens with one attached hydrogen (secondary N) is 1. The van der Waals surface area contributed by atoms with E-state index in [0.29, 0.717) is 5.76 Å². The minimum Gasteiger partial charge on any atom is -0.467 e. The quantitative estimate of drug-likeness (QED) is 0.810. The Morgan fingerprint density at radius 2 is 2.17 bits per heavy atom. The lowest BCUT2D eigenvalue weighted by Crippen LogP contribution is -2.45. The molecule has 1 amide bonds. The van der Waals surface area contributed by atoms with E-state index in [-0.39, 0.29) is 12.5 Å². The fourth-order valence-electron chi connectivity index (χ4n) is 1.32. The van der Waals surface area contributed by atoms with Crippen LogP contribution in [0.2, 0.25) is 0 Å². The summed E-state index contributed by atoms with van der Waals surface area (Å²) < 4.78 is 14.5. The summed E-state index contributed by atoms with van der Waals surface area (Å²) in [5.41, 5.74) is 0. The average Bonchev–Trinajstić information content (AvgIpc) is 2.85. The zero-order valence-corrected chi connectivity index (χ0v) is 10.6. The normalized spacial score (nSPS) is 12.0. The van der Waals surface area contributed by atoms with Gasteiger partial charge in [-0.2, -0.15) is 0 Å². The standard InChI is InChI=1S/C12H17NO5/c1-8(2)10(11(14)16-3)13-12(15)18-7-9-5-4-6-17-9/h4-6,8,10H,7H2,1-3H3,(H,13,15)/t10-/m0/s1. The first-order valence-corrected chi connectivity index (χ1v) is 5.58. The lowest BCUT2D eigenvalue weighted by Gasteiger charge is -2.19. The Kier molecular flexibility index (Phi) is 5.23. The van der Waals surface area contributed by atoms with Gasteiger partial charge in [-0.05, 0) is 18.1 Å². The largest absolute Gasteiger partial charge is 0.467 e. The molecular formula is C12H17NO5. The van der Waals surface area contributed by atoms with E-state index in [4.69, 9.17) is 9.15 Å². The Bertz CT molecular complexity index is 385. The second-order valence-electron chi connectivity index (χ2n) is 4.04. The lowest BCUT2D eigenvalue weighted by molar-refractivity contribution is -0.144. The molecule has 0 aliphatic heterocycles. The van der Waals surface area contributed by atoms with Crippen LogP contribution in [-0.2, 0) is 20.9 Å². The third kappa shape index (κ3) is 4.12. The fraction of sp³-hybridized carbons (Fsp3) is 0.500. The summed E-state index contributed by atoms with van der Waals surface area (Å²) in [5, 5.41) is 2.45. The average molecular weight is 255 g/mol. The van der Waals surface area contributed by atoms with Crippen molar-refractivity contribution >= 4 is 12.1 Å². The molecule has 0 fully saturated rings. The molecule has 0 spiro atoms. The van der Waals surface area contributed by atoms with Crippen LogP contribution in [0.4, 0.5) is 4.79 Å². The molecular weight excluding hydrogens is 238 g/mol. The minimum absolute atomic E-state index is 0.0187. The van der Waals surface area contributed by atoms with Gasteiger partial charge in [-0.15, -0.1) is 0 Å². The summed E-state index contributed by atoms with van der Waals surface area (Å²) in [5.74, 6) is -0.0575. The predicted octanol–water partition coefficient (Wildman–Crippen LogP) is 1.70. The van der Waals surface area contributed by atoms with Gasteiger partial charge in [0, 0.05) is 0 Å². The Morgan fingerprint density at radius 3 is 2.67 bits per heavy atom. The number of amides is 1. The van der Waals surface area contributed by atoms with Crippen LogP contribution < -0.4 is 5.32 Å². The van der Waals surface area contributed by atoms with Crippen molar-refractivity contribution < 1.29 is 23.5 Å². The van der Waals surface area contributed by atoms with E-state index in [0.717, 1.165) is 0 Å². The van der Waals surface area contributed by atoms with Gasteiger partial charge in [0.2, 0.25) is 0 Å². The number of rotatable bonds is 5. The monoisotopic (exact) mass is 255 g/mol. The smallest absolute Gasteiger partial charge is 0.408 e. The second-order valence-corrected chi connectivity index (χ2v) is 4.04. The highest BCUT2D eigenvalue weighted by Crippen LogP contribution is 2.05. The van der Waals surface area contributed by atoms with E-state index < -0.39 is 18.1 Å². The third-order valence-electron chi connectivity index (χ3n) is 2.32. The van der Waals surface area contributed by atoms with Crippen molar-refractivity contribution in [2.45, 2.75) is 26.5 Å². The van der Waals surface area contributed by atoms with Crippen molar-refractivity contribution in [2.24, 2.45) is 5.92 Å². The Labute approximate surface area is 105 Å². The van der Waals surface area contributed by atoms with E-state index in [2.05, 4.69) is 10.1 Å². The van der Waals surface area contributed by atoms with Gasteiger partial charge >= 0.3 is 12.1 Å². The summed E-state index contributed by atoms with van der Waals surface area (Å²) in [7, 11) is 1.27. The van der Waals surface area contributed by atoms with Crippen LogP contribution >= 0.6 is 0 Å². The van der Waals surface area contributed by atoms with E-state index in [1.165, 1.54) is 13.4 Å². The Balaban J connectivity index is 2.44. The molecule has 1 aromatic heterocycles. The van der Waals surface area contributed by atoms with Gasteiger partial charge in [0.1, 0.15) is 11.8 Å². The van der Waals surface area contributed by atoms with E-state index >= 15 is 0 Å². The molecule has 0 aliphatic rings. The molecule has 18 heavy (non-hydrogen) atoms. The van der Waals surface area contributed by atoms with E-state index in [1.807, 2.05) is 0 Å². The molecule has 100 valence electrons. The number of hydrogen-bond donors (Lipinski definition) is 1. The number of furan rings is 1. The van der Waals surface area contributed by atoms with Gasteiger partial charge < -0.3 is 19.2 Å². The van der Waals surface area contributed by atoms with Crippen LogP contribution in [0.5, 0.6) is 0 Å². The molecule has 1 heterocycles. The molecule has 0 unspecified atom stereocenters. The molecule has 0 aliphatic carbocycles. The lowest BCUT2D eigenvalue weighted by atomic mass is 10.1. The second kappa shape index (κ2) is 6.68. The highest BCUT2D eigenvalue weighted by atomic mass is 16.6. The SMILES string of the molecule is COC(=O)[C@@H](NC(=O)OCc1ccco1)C(C)C. The Morgan fingerprint density at radius 1 is 1.44 bits per heavy atom. The van der Waals surface area contributed by atoms with Crippen molar-refractivity contribution in [3.63, 3.8) is 0 Å². The summed E-state index contributed by atoms with van der Waals surface area (Å²) in [6.07, 6.45) is 0.803. The molecule has 1 N–H and O–H groups in total. The Hall–Kier alpha value is -1.98. The molecule has 6 nitrogen and oxygen atoms in total. The molecule has 0 saturated heterocycles. The van der Waals surface area contributed by atoms with Gasteiger partial charge in [-0.3, -0.25) is 0 Å². The minimum atomic E-state index is -0.723. The summed E-state index contributed by atoms with van der Waals surface area (Å²) in [6, 6.07) is 2.66. The molecule has 1 aromatic rings. The number of methoxy groups -OCH3 is 1. The highest BCUT2D eigenvalue weighted by molar-refractivity contribution is 5.81. The number of alkyl carbamates (subject to hydrolysis) is 1. The van der Waals surface area contributed by atoms with Crippen molar-refractivity contribution in [1.82, 2.24) is 5.32 Å². The topological polar surface area (TPSA) is 77.8 Å². The van der Waals surface area contributed by atoms with Gasteiger partial charge in [-0.1, -0.05) is 13.8 Å². The number of ether oxygens (including phenoxy) is 2. The van der Waals surface area contributed by atoms with Crippen LogP contribution in [0.25, 0.3) is 0 Å². The maximum atomic E-state index is 11.5. The van der Waals surface area contributed by atoms with E-state index in [9.17, 15) is 9.59 Å². The molecule has 0 saturated carbocycles. The van der Waals surface area contributed by atoms with Crippen LogP contribution in [0.15, 0.2) is 22.8 Å². The molecule has 0 aromatic carbocycles. The summed E-state index contributed by atoms with van der Waals surface area (Å²) in [4.78, 5) is 22.9. The number of esters is 1. The molecule has 1 atom stereocenters. The number of carbonyl (C=O) groups excluding carboxylic acids is 2. The van der Waals surface area contributed by atoms with Crippen LogP contribution in [0, 0.1) is 5.92 Å². The van der Waals surface area contributed by atoms with Crippen LogP contribution in [-0.4, -0.2) is 25.2 Å². The van der Waals surface area contributed by atoms with Crippen LogP contribution in [0.3, 0.4) is 0 Å². The third-order valence-corrected chi connectivity index (χ3v) is 2.32. The zero-order chi connectivity index (χ0) is 13.5. The number of hydrogen-bond acceptors (Lipinski definition) is 5. The van der Waals surface area contributed by atoms with E-state index in [1.54, 1.807) is 26.0 Å². The van der Waals surface area contributed by atoms with Crippen molar-refractivity contribution in [3.05, 3.63) is 24.2 Å². The van der Waals surface area contributed by atoms with Crippen molar-refractivity contribution in [3.8, 4) is 0 Å². The summed E-state index contributed by atoms with van der Waals surface area (Å²) in [6.45, 7) is 3.62. The highest BCUT2D eigenvalue weighted by Gasteiger charge is 2.25. The molecule has 0 radical (unpaired) electrons. The maximum Gasteiger partial charge on any atom is 0.408 e. The van der Waals surface area contributed by atoms with Crippen molar-refractivity contribution in [2.75, 3.05) is 7.11 Å². The van der Waals surface area contributed by atoms with Crippen LogP contribution in [0.1, 0.15) is 19.6 Å². The van der Waals surface area contributed by atoms with Gasteiger partial charge in [0.25, 0.3) is 0 Å².